The molecule has 2 aromatic carbocycles. The van der Waals surface area contributed by atoms with Crippen molar-refractivity contribution in [1.82, 2.24) is 0 Å². The van der Waals surface area contributed by atoms with Gasteiger partial charge in [-0.1, -0.05) is 23.2 Å². The third kappa shape index (κ3) is 5.38. The summed E-state index contributed by atoms with van der Waals surface area (Å²) in [6, 6.07) is 5.86. The van der Waals surface area contributed by atoms with E-state index in [2.05, 4.69) is 10.2 Å². The summed E-state index contributed by atoms with van der Waals surface area (Å²) in [4.78, 5) is 26.8. The SMILES string of the molecule is CCOc1cc(N2CCOCC2)c(OCC)cc1NC(=O)c1cc(Cl)c(Cl)cc1C(=O)O. The van der Waals surface area contributed by atoms with Crippen molar-refractivity contribution in [3.63, 3.8) is 0 Å². The number of carboxylic acid groups (broad SMARTS) is 1. The van der Waals surface area contributed by atoms with Crippen LogP contribution in [0.2, 0.25) is 10.0 Å². The van der Waals surface area contributed by atoms with Gasteiger partial charge in [-0.3, -0.25) is 4.79 Å². The molecule has 0 unspecified atom stereocenters. The summed E-state index contributed by atoms with van der Waals surface area (Å²) in [6.07, 6.45) is 0. The third-order valence-corrected chi connectivity index (χ3v) is 5.52. The van der Waals surface area contributed by atoms with Gasteiger partial charge in [-0.05, 0) is 26.0 Å². The minimum Gasteiger partial charge on any atom is -0.492 e. The maximum absolute atomic E-state index is 13.0. The molecule has 10 heteroatoms. The van der Waals surface area contributed by atoms with Crippen LogP contribution in [0.3, 0.4) is 0 Å². The number of halogens is 2. The van der Waals surface area contributed by atoms with Gasteiger partial charge in [-0.15, -0.1) is 0 Å². The first-order valence-electron chi connectivity index (χ1n) is 10.2. The highest BCUT2D eigenvalue weighted by molar-refractivity contribution is 6.42. The number of carbonyl (C=O) groups is 2. The number of amides is 1. The molecule has 1 saturated heterocycles. The highest BCUT2D eigenvalue weighted by Gasteiger charge is 2.23. The molecule has 0 saturated carbocycles. The molecule has 0 spiro atoms. The van der Waals surface area contributed by atoms with Crippen molar-refractivity contribution in [3.05, 3.63) is 45.4 Å². The Morgan fingerprint density at radius 1 is 1.00 bits per heavy atom. The van der Waals surface area contributed by atoms with Crippen LogP contribution in [0.1, 0.15) is 34.6 Å². The van der Waals surface area contributed by atoms with Gasteiger partial charge < -0.3 is 29.5 Å². The lowest BCUT2D eigenvalue weighted by Gasteiger charge is -2.31. The lowest BCUT2D eigenvalue weighted by Crippen LogP contribution is -2.36. The van der Waals surface area contributed by atoms with Crippen LogP contribution >= 0.6 is 23.2 Å². The van der Waals surface area contributed by atoms with Crippen molar-refractivity contribution in [3.8, 4) is 11.5 Å². The second-order valence-electron chi connectivity index (χ2n) is 6.85. The Labute approximate surface area is 196 Å². The summed E-state index contributed by atoms with van der Waals surface area (Å²) in [5.74, 6) is -0.955. The van der Waals surface area contributed by atoms with E-state index in [1.807, 2.05) is 19.9 Å². The summed E-state index contributed by atoms with van der Waals surface area (Å²) in [5, 5.41) is 12.3. The van der Waals surface area contributed by atoms with Gasteiger partial charge in [0.1, 0.15) is 11.5 Å². The van der Waals surface area contributed by atoms with Gasteiger partial charge in [0, 0.05) is 25.2 Å². The molecule has 8 nitrogen and oxygen atoms in total. The molecule has 0 atom stereocenters. The first-order chi connectivity index (χ1) is 15.3. The predicted octanol–water partition coefficient (Wildman–Crippen LogP) is 4.58. The number of ether oxygens (including phenoxy) is 3. The largest absolute Gasteiger partial charge is 0.492 e. The van der Waals surface area contributed by atoms with Gasteiger partial charge in [0.05, 0.1) is 59.0 Å². The van der Waals surface area contributed by atoms with Crippen LogP contribution in [0.25, 0.3) is 0 Å². The lowest BCUT2D eigenvalue weighted by molar-refractivity contribution is 0.0692. The second-order valence-corrected chi connectivity index (χ2v) is 7.67. The minimum atomic E-state index is -1.29. The third-order valence-electron chi connectivity index (χ3n) is 4.80. The number of nitrogens with one attached hydrogen (secondary N) is 1. The highest BCUT2D eigenvalue weighted by atomic mass is 35.5. The first kappa shape index (κ1) is 24.0. The number of carboxylic acids is 1. The average molecular weight is 483 g/mol. The number of rotatable bonds is 8. The minimum absolute atomic E-state index is 0.0455. The van der Waals surface area contributed by atoms with E-state index in [0.717, 1.165) is 11.8 Å². The summed E-state index contributed by atoms with van der Waals surface area (Å²) < 4.78 is 17.0. The number of morpholine rings is 1. The number of aromatic carboxylic acids is 1. The Morgan fingerprint density at radius 3 is 2.19 bits per heavy atom. The van der Waals surface area contributed by atoms with Gasteiger partial charge in [-0.25, -0.2) is 4.79 Å². The topological polar surface area (TPSA) is 97.3 Å². The number of anilines is 2. The van der Waals surface area contributed by atoms with Gasteiger partial charge in [0.15, 0.2) is 0 Å². The van der Waals surface area contributed by atoms with E-state index in [4.69, 9.17) is 37.4 Å². The molecule has 32 heavy (non-hydrogen) atoms. The molecular weight excluding hydrogens is 459 g/mol. The Bertz CT molecular complexity index is 1010. The summed E-state index contributed by atoms with van der Waals surface area (Å²) in [6.45, 7) is 7.09. The maximum Gasteiger partial charge on any atom is 0.336 e. The van der Waals surface area contributed by atoms with E-state index in [-0.39, 0.29) is 21.2 Å². The van der Waals surface area contributed by atoms with Crippen molar-refractivity contribution in [1.29, 1.82) is 0 Å². The van der Waals surface area contributed by atoms with Crippen LogP contribution in [0.15, 0.2) is 24.3 Å². The van der Waals surface area contributed by atoms with E-state index >= 15 is 0 Å². The molecule has 172 valence electrons. The van der Waals surface area contributed by atoms with Crippen LogP contribution in [0.4, 0.5) is 11.4 Å². The Balaban J connectivity index is 2.01. The molecule has 0 aliphatic carbocycles. The zero-order valence-electron chi connectivity index (χ0n) is 17.7. The highest BCUT2D eigenvalue weighted by Crippen LogP contribution is 2.39. The Kier molecular flexibility index (Phi) is 8.06. The normalized spacial score (nSPS) is 13.6. The smallest absolute Gasteiger partial charge is 0.336 e. The molecule has 0 bridgehead atoms. The van der Waals surface area contributed by atoms with Gasteiger partial charge in [-0.2, -0.15) is 0 Å². The lowest BCUT2D eigenvalue weighted by atomic mass is 10.1. The van der Waals surface area contributed by atoms with Crippen molar-refractivity contribution in [2.45, 2.75) is 13.8 Å². The predicted molar refractivity (Wildman–Crippen MR) is 123 cm³/mol. The fourth-order valence-corrected chi connectivity index (χ4v) is 3.67. The van der Waals surface area contributed by atoms with Gasteiger partial charge in [0.25, 0.3) is 5.91 Å². The maximum atomic E-state index is 13.0. The van der Waals surface area contributed by atoms with Crippen LogP contribution in [-0.2, 0) is 4.74 Å². The van der Waals surface area contributed by atoms with Gasteiger partial charge >= 0.3 is 5.97 Å². The van der Waals surface area contributed by atoms with Crippen molar-refractivity contribution < 1.29 is 28.9 Å². The zero-order valence-corrected chi connectivity index (χ0v) is 19.3. The quantitative estimate of drug-likeness (QED) is 0.568. The van der Waals surface area contributed by atoms with Crippen molar-refractivity contribution in [2.75, 3.05) is 49.7 Å². The molecule has 1 amide bonds. The fraction of sp³-hybridized carbons (Fsp3) is 0.364. The summed E-state index contributed by atoms with van der Waals surface area (Å²) in [7, 11) is 0. The van der Waals surface area contributed by atoms with Crippen LogP contribution in [0, 0.1) is 0 Å². The molecule has 1 aliphatic rings. The number of nitrogens with zero attached hydrogens (tertiary/aromatic N) is 1. The van der Waals surface area contributed by atoms with Crippen molar-refractivity contribution >= 4 is 46.5 Å². The molecule has 3 rings (SSSR count). The van der Waals surface area contributed by atoms with Crippen LogP contribution in [0.5, 0.6) is 11.5 Å². The summed E-state index contributed by atoms with van der Waals surface area (Å²) in [5.41, 5.74) is 0.798. The Hall–Kier alpha value is -2.68. The fourth-order valence-electron chi connectivity index (χ4n) is 3.35. The molecular formula is C22H24Cl2N2O6. The van der Waals surface area contributed by atoms with E-state index < -0.39 is 11.9 Å². The van der Waals surface area contributed by atoms with Crippen LogP contribution in [-0.4, -0.2) is 56.5 Å². The zero-order chi connectivity index (χ0) is 23.3. The first-order valence-corrected chi connectivity index (χ1v) is 10.9. The molecule has 0 radical (unpaired) electrons. The molecule has 2 aromatic rings. The molecule has 1 fully saturated rings. The number of benzene rings is 2. The standard InChI is InChI=1S/C22H24Cl2N2O6/c1-3-31-19-12-18(26-5-7-30-8-6-26)20(32-4-2)11-17(19)25-21(27)13-9-15(23)16(24)10-14(13)22(28)29/h9-12H,3-8H2,1-2H3,(H,25,27)(H,28,29). The van der Waals surface area contributed by atoms with E-state index in [1.165, 1.54) is 6.07 Å². The summed E-state index contributed by atoms with van der Waals surface area (Å²) >= 11 is 12.0. The monoisotopic (exact) mass is 482 g/mol. The molecule has 1 heterocycles. The second kappa shape index (κ2) is 10.8. The molecule has 0 aromatic heterocycles. The average Bonchev–Trinajstić information content (AvgIpc) is 2.77. The number of hydrogen-bond donors (Lipinski definition) is 2. The Morgan fingerprint density at radius 2 is 1.59 bits per heavy atom. The van der Waals surface area contributed by atoms with E-state index in [0.29, 0.717) is 56.7 Å². The van der Waals surface area contributed by atoms with Crippen LogP contribution < -0.4 is 19.7 Å². The van der Waals surface area contributed by atoms with E-state index in [1.54, 1.807) is 6.07 Å². The molecule has 2 N–H and O–H groups in total. The molecule has 1 aliphatic heterocycles. The van der Waals surface area contributed by atoms with Crippen molar-refractivity contribution in [2.24, 2.45) is 0 Å². The van der Waals surface area contributed by atoms with E-state index in [9.17, 15) is 14.7 Å². The number of carbonyl (C=O) groups excluding carboxylic acids is 1. The van der Waals surface area contributed by atoms with Gasteiger partial charge in [0.2, 0.25) is 0 Å². The number of hydrogen-bond acceptors (Lipinski definition) is 6.